The average Bonchev–Trinajstić information content (AvgIpc) is 0.745. The van der Waals surface area contributed by atoms with Crippen LogP contribution >= 0.6 is 24.1 Å². The van der Waals surface area contributed by atoms with Crippen molar-refractivity contribution < 1.29 is 155 Å². The lowest BCUT2D eigenvalue weighted by atomic mass is 10.0. The second kappa shape index (κ2) is 42.1. The van der Waals surface area contributed by atoms with Crippen LogP contribution in [0.4, 0.5) is 108 Å². The molecule has 0 aliphatic heterocycles. The third-order valence-corrected chi connectivity index (χ3v) is 25.8. The third kappa shape index (κ3) is 24.5. The Morgan fingerprint density at radius 2 is 0.816 bits per heavy atom. The summed E-state index contributed by atoms with van der Waals surface area (Å²) in [4.78, 5) is 15.9. The molecule has 0 fully saturated rings. The van der Waals surface area contributed by atoms with Crippen LogP contribution in [0.15, 0.2) is 317 Å². The summed E-state index contributed by atoms with van der Waals surface area (Å²) in [5.74, 6) is -3.69. The van der Waals surface area contributed by atoms with Crippen molar-refractivity contribution in [1.29, 1.82) is 0 Å². The molecule has 1 atom stereocenters. The van der Waals surface area contributed by atoms with Crippen molar-refractivity contribution >= 4 is 247 Å². The minimum Gasteiger partial charge on any atom is -0.505 e. The number of hydrogen-bond donors (Lipinski definition) is 15. The van der Waals surface area contributed by atoms with Crippen LogP contribution in [0.1, 0.15) is 5.56 Å². The number of fused-ring (bicyclic) bond motifs is 4. The summed E-state index contributed by atoms with van der Waals surface area (Å²) in [6, 6.07) is 41.3. The molecule has 0 bridgehead atoms. The van der Waals surface area contributed by atoms with E-state index in [4.69, 9.17) is 25.2 Å². The average molecular weight is 2110 g/mol. The van der Waals surface area contributed by atoms with Gasteiger partial charge >= 0.3 is 11.4 Å². The van der Waals surface area contributed by atoms with Gasteiger partial charge in [-0.25, -0.2) is 10.5 Å². The van der Waals surface area contributed by atoms with Gasteiger partial charge in [-0.2, -0.15) is 85.4 Å². The Balaban J connectivity index is 0.000000255. The molecule has 0 radical (unpaired) electrons. The summed E-state index contributed by atoms with van der Waals surface area (Å²) in [7, 11) is -28.1. The summed E-state index contributed by atoms with van der Waals surface area (Å²) in [6.45, 7) is 1.71. The first-order valence-electron chi connectivity index (χ1n) is 37.7. The van der Waals surface area contributed by atoms with Crippen LogP contribution < -0.4 is 20.0 Å². The Morgan fingerprint density at radius 3 is 1.39 bits per heavy atom. The lowest BCUT2D eigenvalue weighted by molar-refractivity contribution is -0.432. The van der Waals surface area contributed by atoms with Crippen LogP contribution in [0, 0.1) is 27.2 Å². The molecule has 728 valence electrons. The number of phenolic OH excluding ortho intramolecular Hbond substituents is 4. The highest BCUT2D eigenvalue weighted by molar-refractivity contribution is 7.95. The first-order valence-corrected chi connectivity index (χ1v) is 48.8. The molecule has 14 aromatic rings. The molecule has 63 heteroatoms. The quantitative estimate of drug-likeness (QED) is 0.00265. The van der Waals surface area contributed by atoms with E-state index in [2.05, 4.69) is 95.7 Å². The Kier molecular flexibility index (Phi) is 30.7. The van der Waals surface area contributed by atoms with Crippen molar-refractivity contribution in [2.45, 2.75) is 46.1 Å². The maximum Gasteiger partial charge on any atom is 0.357 e. The standard InChI is InChI=1S/C42H27N11O25S6.C36H29N7O11S3/c43-35-34-19(14-32(83(68,69)70)38(35)50-45-21-2-6-25-18(10-21)13-33(84(71,72)73)39(41(25)55)51-46-26-7-3-22(52(57)58)15-29(26)79-77-75-61)11-28(74-81(63)64)36(42(34)56)48-44-20-1-5-24-17(9-20)12-30(80-78-76-62)37(40(24)54)49-47-27-8-4-23(53(59)60)16-31(27)82(65,66)67;1-21-15-26(11-13-31(21)41-42-32-14-12-27(20-33(32)54-2)39-38-25-6-4-8-29(18-25)56(48,49)50)40-43-35-34(57(51,52)53)16-22-9-10-24(19-30(22)36(35)44)37-23-5-3-7-28(17-23)55(45,46)47/h1-16,54-56,61-62H,43H2,(H,63,64)(H,65,66,67)(H,68,69,70)(H,71,72,73);3-20,37,44H,1-2H3,(H,45,46,47)(H,48,49,50)(H,51,52,53). The van der Waals surface area contributed by atoms with Gasteiger partial charge in [0, 0.05) is 57.9 Å². The van der Waals surface area contributed by atoms with E-state index >= 15 is 0 Å². The van der Waals surface area contributed by atoms with Crippen LogP contribution in [0.25, 0.3) is 43.1 Å². The molecule has 0 aliphatic carbocycles. The Morgan fingerprint density at radius 1 is 0.376 bits per heavy atom. The molecule has 0 amide bonds. The molecule has 0 saturated carbocycles. The summed E-state index contributed by atoms with van der Waals surface area (Å²) < 4.78 is 246. The van der Waals surface area contributed by atoms with E-state index in [1.165, 1.54) is 98.1 Å². The number of nitro benzene ring substituents is 2. The van der Waals surface area contributed by atoms with Crippen molar-refractivity contribution in [3.63, 3.8) is 0 Å². The molecular formula is C78H56N18O36S9. The number of nitrogens with two attached hydrogens (primary N) is 1. The van der Waals surface area contributed by atoms with Crippen molar-refractivity contribution in [2.24, 2.45) is 71.6 Å². The van der Waals surface area contributed by atoms with E-state index in [-0.39, 0.29) is 104 Å². The van der Waals surface area contributed by atoms with Gasteiger partial charge in [0.2, 0.25) is 0 Å². The maximum absolute atomic E-state index is 12.8. The number of methoxy groups -OCH3 is 1. The van der Waals surface area contributed by atoms with Gasteiger partial charge in [-0.05, 0) is 192 Å². The van der Waals surface area contributed by atoms with Gasteiger partial charge in [0.15, 0.2) is 34.4 Å². The van der Waals surface area contributed by atoms with Crippen molar-refractivity contribution in [2.75, 3.05) is 18.2 Å². The van der Waals surface area contributed by atoms with Crippen molar-refractivity contribution in [3.05, 3.63) is 232 Å². The third-order valence-electron chi connectivity index (χ3n) is 19.1. The monoisotopic (exact) mass is 2110 g/mol. The highest BCUT2D eigenvalue weighted by Gasteiger charge is 2.31. The number of nitrogens with one attached hydrogen (secondary N) is 1. The number of anilines is 3. The highest BCUT2D eigenvalue weighted by Crippen LogP contribution is 2.53. The molecule has 0 spiro atoms. The topological polar surface area (TPSA) is 838 Å². The van der Waals surface area contributed by atoms with Crippen molar-refractivity contribution in [1.82, 2.24) is 0 Å². The van der Waals surface area contributed by atoms with Gasteiger partial charge in [-0.3, -0.25) is 52.1 Å². The number of ether oxygens (including phenoxy) is 1. The zero-order valence-electron chi connectivity index (χ0n) is 69.7. The van der Waals surface area contributed by atoms with Crippen LogP contribution in [-0.2, 0) is 90.8 Å². The first kappa shape index (κ1) is 103. The summed E-state index contributed by atoms with van der Waals surface area (Å²) >= 11 is -2.73. The summed E-state index contributed by atoms with van der Waals surface area (Å²) in [5, 5.41) is 150. The molecule has 0 aromatic heterocycles. The van der Waals surface area contributed by atoms with Gasteiger partial charge in [-0.15, -0.1) is 49.6 Å². The van der Waals surface area contributed by atoms with Crippen molar-refractivity contribution in [3.8, 4) is 34.5 Å². The molecular weight excluding hydrogens is 2050 g/mol. The lowest BCUT2D eigenvalue weighted by Gasteiger charge is -2.14. The van der Waals surface area contributed by atoms with Crippen LogP contribution in [0.3, 0.4) is 0 Å². The fraction of sp³-hybridized carbons (Fsp3) is 0.0256. The maximum atomic E-state index is 12.8. The number of aromatic hydroxyl groups is 4. The van der Waals surface area contributed by atoms with Gasteiger partial charge in [0.05, 0.1) is 106 Å². The van der Waals surface area contributed by atoms with Gasteiger partial charge in [0.1, 0.15) is 65.1 Å². The van der Waals surface area contributed by atoms with E-state index in [0.717, 1.165) is 72.8 Å². The van der Waals surface area contributed by atoms with E-state index < -0.39 is 192 Å². The number of nitro groups is 2. The number of non-ortho nitro benzene ring substituents is 2. The highest BCUT2D eigenvalue weighted by atomic mass is 32.2. The van der Waals surface area contributed by atoms with E-state index in [1.807, 2.05) is 0 Å². The number of phenols is 4. The number of azo groups is 7. The molecule has 1 unspecified atom stereocenters. The van der Waals surface area contributed by atoms with E-state index in [0.29, 0.717) is 51.9 Å². The molecule has 54 nitrogen and oxygen atoms in total. The number of aryl methyl sites for hydroxylation is 1. The first-order chi connectivity index (χ1) is 66.5. The predicted octanol–water partition coefficient (Wildman–Crippen LogP) is 21.0. The Labute approximate surface area is 799 Å². The number of nitrogen functional groups attached to an aromatic ring is 1. The second-order valence-electron chi connectivity index (χ2n) is 28.1. The van der Waals surface area contributed by atoms with E-state index in [9.17, 15) is 127 Å². The van der Waals surface area contributed by atoms with Crippen LogP contribution in [0.5, 0.6) is 34.5 Å². The molecule has 16 N–H and O–H groups in total. The van der Waals surface area contributed by atoms with Crippen LogP contribution in [0.2, 0.25) is 0 Å². The van der Waals surface area contributed by atoms with Crippen LogP contribution in [-0.4, -0.2) is 134 Å². The molecule has 14 rings (SSSR count). The smallest absolute Gasteiger partial charge is 0.357 e. The second-order valence-corrected chi connectivity index (χ2v) is 38.6. The number of hydrogen-bond acceptors (Lipinski definition) is 47. The Hall–Kier alpha value is -15.5. The largest absolute Gasteiger partial charge is 0.505 e. The fourth-order valence-electron chi connectivity index (χ4n) is 12.8. The SMILES string of the molecule is COc1cc(N=Nc2cccc(S(=O)(=O)O)c2)ccc1N=Nc1ccc(N=Nc2c(S(=O)(=O)O)cc3ccc(Nc4cccc(S(=O)(=O)O)c4)cc3c2O)cc1C.Nc1c(N=Nc2ccc3c(O)c(N=Nc4ccc([N+](=O)[O-])cc4SOOO)c(S(=O)(=O)O)cc3c2)c(S(=O)(=O)O)cc2cc(OS(=O)O)c(N=Nc3ccc4c(O)c(N=Nc5ccc([N+](=O)[O-])cc5S(=O)(=O)O)c(SOOO)cc4c3)c(O)c12. The molecule has 0 aliphatic rings. The number of benzene rings is 14. The molecule has 14 aromatic carbocycles. The lowest BCUT2D eigenvalue weighted by Crippen LogP contribution is -2.03. The zero-order valence-corrected chi connectivity index (χ0v) is 77.1. The summed E-state index contributed by atoms with van der Waals surface area (Å²) in [5.41, 5.74) is 2.48. The number of rotatable bonds is 33. The van der Waals surface area contributed by atoms with Gasteiger partial charge < -0.3 is 40.4 Å². The molecule has 0 saturated heterocycles. The zero-order chi connectivity index (χ0) is 102. The normalized spacial score (nSPS) is 12.8. The molecule has 141 heavy (non-hydrogen) atoms. The summed E-state index contributed by atoms with van der Waals surface area (Å²) in [6.07, 6.45) is 0. The van der Waals surface area contributed by atoms with E-state index in [1.54, 1.807) is 37.3 Å². The minimum atomic E-state index is -5.34. The fourth-order valence-corrected chi connectivity index (χ4v) is 17.7. The number of nitrogens with zero attached hydrogens (tertiary/aromatic N) is 16. The predicted molar refractivity (Wildman–Crippen MR) is 494 cm³/mol. The van der Waals surface area contributed by atoms with Gasteiger partial charge in [-0.1, -0.05) is 28.3 Å². The minimum absolute atomic E-state index is 0.0362. The Bertz CT molecular complexity index is 8550. The molecule has 0 heterocycles. The van der Waals surface area contributed by atoms with Gasteiger partial charge in [0.25, 0.3) is 72.1 Å².